The van der Waals surface area contributed by atoms with Crippen LogP contribution in [0.5, 0.6) is 0 Å². The van der Waals surface area contributed by atoms with Crippen LogP contribution in [0.25, 0.3) is 0 Å². The smallest absolute Gasteiger partial charge is 0.222 e. The highest BCUT2D eigenvalue weighted by atomic mass is 35.5. The van der Waals surface area contributed by atoms with E-state index in [4.69, 9.17) is 23.2 Å². The van der Waals surface area contributed by atoms with E-state index in [0.29, 0.717) is 12.0 Å². The van der Waals surface area contributed by atoms with Gasteiger partial charge in [-0.2, -0.15) is 4.99 Å². The summed E-state index contributed by atoms with van der Waals surface area (Å²) in [4.78, 5) is 9.89. The van der Waals surface area contributed by atoms with Gasteiger partial charge in [-0.1, -0.05) is 39.0 Å². The van der Waals surface area contributed by atoms with Gasteiger partial charge in [-0.3, -0.25) is 0 Å². The van der Waals surface area contributed by atoms with Gasteiger partial charge < -0.3 is 4.90 Å². The van der Waals surface area contributed by atoms with E-state index in [1.165, 1.54) is 32.1 Å². The molecule has 0 fully saturated rings. The molecule has 0 aromatic heterocycles. The first-order valence-electron chi connectivity index (χ1n) is 5.93. The highest BCUT2D eigenvalue weighted by molar-refractivity contribution is 6.71. The molecule has 0 bridgehead atoms. The van der Waals surface area contributed by atoms with E-state index >= 15 is 0 Å². The molecule has 16 heavy (non-hydrogen) atoms. The van der Waals surface area contributed by atoms with Crippen LogP contribution in [0.15, 0.2) is 9.98 Å². The highest BCUT2D eigenvalue weighted by Crippen LogP contribution is 2.10. The third-order valence-electron chi connectivity index (χ3n) is 2.60. The van der Waals surface area contributed by atoms with Crippen molar-refractivity contribution in [3.8, 4) is 0 Å². The fourth-order valence-corrected chi connectivity index (χ4v) is 2.02. The van der Waals surface area contributed by atoms with Crippen LogP contribution in [0, 0.1) is 0 Å². The SMILES string of the molecule is CCCCCCCCN1CN=C(Cl)N=C1Cl. The van der Waals surface area contributed by atoms with Crippen LogP contribution in [0.2, 0.25) is 0 Å². The molecule has 92 valence electrons. The second-order valence-electron chi connectivity index (χ2n) is 3.98. The van der Waals surface area contributed by atoms with Crippen molar-refractivity contribution in [1.82, 2.24) is 4.90 Å². The van der Waals surface area contributed by atoms with Crippen molar-refractivity contribution in [2.45, 2.75) is 45.4 Å². The van der Waals surface area contributed by atoms with Crippen LogP contribution in [0.3, 0.4) is 0 Å². The number of aliphatic imine (C=N–C) groups is 2. The second-order valence-corrected chi connectivity index (χ2v) is 4.66. The fraction of sp³-hybridized carbons (Fsp3) is 0.818. The summed E-state index contributed by atoms with van der Waals surface area (Å²) < 4.78 is 0. The Morgan fingerprint density at radius 3 is 2.50 bits per heavy atom. The predicted molar refractivity (Wildman–Crippen MR) is 71.5 cm³/mol. The molecule has 0 unspecified atom stereocenters. The summed E-state index contributed by atoms with van der Waals surface area (Å²) in [6, 6.07) is 0. The summed E-state index contributed by atoms with van der Waals surface area (Å²) >= 11 is 11.6. The van der Waals surface area contributed by atoms with Gasteiger partial charge >= 0.3 is 0 Å². The van der Waals surface area contributed by atoms with Gasteiger partial charge in [0.05, 0.1) is 0 Å². The number of hydrogen-bond donors (Lipinski definition) is 0. The van der Waals surface area contributed by atoms with Crippen molar-refractivity contribution in [3.05, 3.63) is 0 Å². The quantitative estimate of drug-likeness (QED) is 0.507. The van der Waals surface area contributed by atoms with E-state index in [1.807, 2.05) is 4.90 Å². The van der Waals surface area contributed by atoms with Crippen LogP contribution in [0.4, 0.5) is 0 Å². The lowest BCUT2D eigenvalue weighted by molar-refractivity contribution is 0.413. The molecule has 1 aliphatic heterocycles. The molecule has 1 heterocycles. The Morgan fingerprint density at radius 2 is 1.81 bits per heavy atom. The summed E-state index contributed by atoms with van der Waals surface area (Å²) in [5, 5.41) is 0.720. The molecule has 1 rings (SSSR count). The maximum atomic E-state index is 5.95. The summed E-state index contributed by atoms with van der Waals surface area (Å²) in [5.41, 5.74) is 0. The number of unbranched alkanes of at least 4 members (excludes halogenated alkanes) is 5. The monoisotopic (exact) mass is 263 g/mol. The topological polar surface area (TPSA) is 28.0 Å². The van der Waals surface area contributed by atoms with E-state index in [0.717, 1.165) is 13.0 Å². The lowest BCUT2D eigenvalue weighted by Crippen LogP contribution is -2.32. The minimum atomic E-state index is 0.254. The van der Waals surface area contributed by atoms with Gasteiger partial charge in [0.25, 0.3) is 0 Å². The molecule has 0 saturated carbocycles. The predicted octanol–water partition coefficient (Wildman–Crippen LogP) is 3.81. The Kier molecular flexibility index (Phi) is 6.81. The first kappa shape index (κ1) is 13.8. The van der Waals surface area contributed by atoms with E-state index in [-0.39, 0.29) is 5.29 Å². The first-order valence-corrected chi connectivity index (χ1v) is 6.68. The molecule has 0 aliphatic carbocycles. The zero-order chi connectivity index (χ0) is 11.8. The van der Waals surface area contributed by atoms with Gasteiger partial charge in [0.2, 0.25) is 10.6 Å². The normalized spacial score (nSPS) is 16.1. The van der Waals surface area contributed by atoms with Gasteiger partial charge in [0, 0.05) is 6.54 Å². The summed E-state index contributed by atoms with van der Waals surface area (Å²) in [5.74, 6) is 0. The Balaban J connectivity index is 2.08. The second kappa shape index (κ2) is 7.91. The number of rotatable bonds is 7. The van der Waals surface area contributed by atoms with Gasteiger partial charge in [0.15, 0.2) is 0 Å². The van der Waals surface area contributed by atoms with E-state index in [9.17, 15) is 0 Å². The van der Waals surface area contributed by atoms with Crippen molar-refractivity contribution in [1.29, 1.82) is 0 Å². The number of hydrogen-bond acceptors (Lipinski definition) is 3. The highest BCUT2D eigenvalue weighted by Gasteiger charge is 2.12. The van der Waals surface area contributed by atoms with Crippen LogP contribution in [-0.2, 0) is 0 Å². The average molecular weight is 264 g/mol. The van der Waals surface area contributed by atoms with Crippen LogP contribution in [-0.4, -0.2) is 28.7 Å². The van der Waals surface area contributed by atoms with E-state index < -0.39 is 0 Å². The van der Waals surface area contributed by atoms with Crippen molar-refractivity contribution < 1.29 is 0 Å². The number of amidine groups is 2. The van der Waals surface area contributed by atoms with E-state index in [2.05, 4.69) is 16.9 Å². The maximum Gasteiger partial charge on any atom is 0.222 e. The van der Waals surface area contributed by atoms with Crippen LogP contribution in [0.1, 0.15) is 45.4 Å². The van der Waals surface area contributed by atoms with Gasteiger partial charge in [0.1, 0.15) is 6.67 Å². The molecule has 1 aliphatic rings. The molecule has 0 amide bonds. The lowest BCUT2D eigenvalue weighted by Gasteiger charge is -2.22. The standard InChI is InChI=1S/C11H19Cl2N3/c1-2-3-4-5-6-7-8-16-9-14-10(12)15-11(16)13/h2-9H2,1H3. The van der Waals surface area contributed by atoms with Gasteiger partial charge in [-0.15, -0.1) is 0 Å². The summed E-state index contributed by atoms with van der Waals surface area (Å²) in [7, 11) is 0. The zero-order valence-electron chi connectivity index (χ0n) is 9.75. The van der Waals surface area contributed by atoms with Crippen molar-refractivity contribution >= 4 is 33.8 Å². The van der Waals surface area contributed by atoms with Crippen molar-refractivity contribution in [2.75, 3.05) is 13.2 Å². The first-order chi connectivity index (χ1) is 7.74. The van der Waals surface area contributed by atoms with E-state index in [1.54, 1.807) is 0 Å². The van der Waals surface area contributed by atoms with Crippen molar-refractivity contribution in [2.24, 2.45) is 9.98 Å². The van der Waals surface area contributed by atoms with Crippen molar-refractivity contribution in [3.63, 3.8) is 0 Å². The van der Waals surface area contributed by atoms with Crippen LogP contribution >= 0.6 is 23.2 Å². The lowest BCUT2D eigenvalue weighted by atomic mass is 10.1. The molecule has 0 aromatic rings. The molecule has 0 aromatic carbocycles. The van der Waals surface area contributed by atoms with Crippen LogP contribution < -0.4 is 0 Å². The zero-order valence-corrected chi connectivity index (χ0v) is 11.3. The molecular weight excluding hydrogens is 245 g/mol. The Labute approximate surface area is 108 Å². The summed E-state index contributed by atoms with van der Waals surface area (Å²) in [6.07, 6.45) is 7.66. The Bertz CT molecular complexity index is 264. The maximum absolute atomic E-state index is 5.95. The minimum absolute atomic E-state index is 0.254. The minimum Gasteiger partial charge on any atom is -0.327 e. The molecule has 0 spiro atoms. The average Bonchev–Trinajstić information content (AvgIpc) is 2.26. The number of halogens is 2. The molecule has 0 N–H and O–H groups in total. The largest absolute Gasteiger partial charge is 0.327 e. The molecular formula is C11H19Cl2N3. The van der Waals surface area contributed by atoms with Gasteiger partial charge in [-0.05, 0) is 29.6 Å². The molecule has 0 atom stereocenters. The summed E-state index contributed by atoms with van der Waals surface area (Å²) in [6.45, 7) is 3.68. The third-order valence-corrected chi connectivity index (χ3v) is 3.13. The number of nitrogens with zero attached hydrogens (tertiary/aromatic N) is 3. The third kappa shape index (κ3) is 5.17. The fourth-order valence-electron chi connectivity index (χ4n) is 1.63. The van der Waals surface area contributed by atoms with Gasteiger partial charge in [-0.25, -0.2) is 4.99 Å². The molecule has 5 heteroatoms. The Morgan fingerprint density at radius 1 is 1.12 bits per heavy atom. The molecule has 3 nitrogen and oxygen atoms in total. The molecule has 0 saturated heterocycles. The molecule has 0 radical (unpaired) electrons. The Hall–Kier alpha value is -0.280.